The molecule has 15 heavy (non-hydrogen) atoms. The van der Waals surface area contributed by atoms with E-state index in [4.69, 9.17) is 0 Å². The van der Waals surface area contributed by atoms with Gasteiger partial charge in [0.05, 0.1) is 0 Å². The lowest BCUT2D eigenvalue weighted by Gasteiger charge is -2.26. The lowest BCUT2D eigenvalue weighted by atomic mass is 10.2. The highest BCUT2D eigenvalue weighted by Crippen LogP contribution is 2.38. The predicted octanol–water partition coefficient (Wildman–Crippen LogP) is 3.14. The second-order valence-corrected chi connectivity index (χ2v) is 6.65. The Hall–Kier alpha value is 0.01000. The van der Waals surface area contributed by atoms with Crippen molar-refractivity contribution in [3.05, 3.63) is 34.3 Å². The van der Waals surface area contributed by atoms with Crippen molar-refractivity contribution in [3.8, 4) is 0 Å². The van der Waals surface area contributed by atoms with E-state index in [2.05, 4.69) is 56.9 Å². The number of likely N-dealkylation sites (tertiary alicyclic amines) is 1. The fourth-order valence-electron chi connectivity index (χ4n) is 2.50. The van der Waals surface area contributed by atoms with E-state index >= 15 is 0 Å². The summed E-state index contributed by atoms with van der Waals surface area (Å²) < 4.78 is 1.17. The molecule has 0 radical (unpaired) electrons. The Morgan fingerprint density at radius 3 is 2.73 bits per heavy atom. The van der Waals surface area contributed by atoms with Crippen molar-refractivity contribution in [2.75, 3.05) is 12.3 Å². The van der Waals surface area contributed by atoms with Gasteiger partial charge in [0.25, 0.3) is 0 Å². The van der Waals surface area contributed by atoms with E-state index in [1.807, 2.05) is 0 Å². The molecule has 3 heteroatoms. The quantitative estimate of drug-likeness (QED) is 0.821. The summed E-state index contributed by atoms with van der Waals surface area (Å²) in [7, 11) is 0. The third-order valence-corrected chi connectivity index (χ3v) is 5.23. The van der Waals surface area contributed by atoms with Crippen LogP contribution in [-0.4, -0.2) is 28.5 Å². The minimum absolute atomic E-state index is 0.851. The molecule has 0 saturated carbocycles. The summed E-state index contributed by atoms with van der Waals surface area (Å²) in [6.07, 6.45) is 1.42. The van der Waals surface area contributed by atoms with E-state index in [1.54, 1.807) is 0 Å². The van der Waals surface area contributed by atoms with Crippen molar-refractivity contribution in [1.82, 2.24) is 4.90 Å². The average Bonchev–Trinajstić information content (AvgIpc) is 2.83. The molecule has 2 aliphatic heterocycles. The Labute approximate surface area is 103 Å². The molecule has 2 atom stereocenters. The van der Waals surface area contributed by atoms with Gasteiger partial charge in [0.1, 0.15) is 0 Å². The first-order chi connectivity index (χ1) is 7.31. The maximum Gasteiger partial charge on any atom is 0.0237 e. The van der Waals surface area contributed by atoms with E-state index in [0.29, 0.717) is 0 Å². The number of hydrogen-bond acceptors (Lipinski definition) is 2. The van der Waals surface area contributed by atoms with Gasteiger partial charge in [-0.3, -0.25) is 4.90 Å². The lowest BCUT2D eigenvalue weighted by molar-refractivity contribution is 0.261. The number of thioether (sulfide) groups is 1. The molecule has 1 aromatic carbocycles. The fraction of sp³-hybridized carbons (Fsp3) is 0.500. The molecule has 2 bridgehead atoms. The van der Waals surface area contributed by atoms with E-state index in [0.717, 1.165) is 17.8 Å². The van der Waals surface area contributed by atoms with Crippen LogP contribution in [0.5, 0.6) is 0 Å². The van der Waals surface area contributed by atoms with Crippen molar-refractivity contribution in [2.45, 2.75) is 24.3 Å². The summed E-state index contributed by atoms with van der Waals surface area (Å²) in [6.45, 7) is 2.43. The SMILES string of the molecule is Brc1ccc(CN2CC3CC2CS3)cc1. The van der Waals surface area contributed by atoms with Crippen LogP contribution in [0.3, 0.4) is 0 Å². The Balaban J connectivity index is 1.68. The van der Waals surface area contributed by atoms with Gasteiger partial charge < -0.3 is 0 Å². The average molecular weight is 284 g/mol. The number of nitrogens with zero attached hydrogens (tertiary/aromatic N) is 1. The van der Waals surface area contributed by atoms with E-state index in [1.165, 1.54) is 28.8 Å². The van der Waals surface area contributed by atoms with Gasteiger partial charge in [0.15, 0.2) is 0 Å². The summed E-state index contributed by atoms with van der Waals surface area (Å²) >= 11 is 5.63. The Bertz CT molecular complexity index is 351. The molecule has 2 saturated heterocycles. The highest BCUT2D eigenvalue weighted by molar-refractivity contribution is 9.10. The molecule has 3 rings (SSSR count). The molecule has 2 heterocycles. The summed E-state index contributed by atoms with van der Waals surface area (Å²) in [5, 5.41) is 0.922. The molecule has 1 nitrogen and oxygen atoms in total. The van der Waals surface area contributed by atoms with Crippen LogP contribution in [0, 0.1) is 0 Å². The standard InChI is InChI=1S/C12H14BrNS/c13-10-3-1-9(2-4-10)6-14-7-12-5-11(14)8-15-12/h1-4,11-12H,5-8H2. The molecule has 0 aromatic heterocycles. The van der Waals surface area contributed by atoms with Crippen LogP contribution in [0.1, 0.15) is 12.0 Å². The van der Waals surface area contributed by atoms with Gasteiger partial charge in [0, 0.05) is 34.6 Å². The molecule has 2 unspecified atom stereocenters. The number of fused-ring (bicyclic) bond motifs is 2. The smallest absolute Gasteiger partial charge is 0.0237 e. The zero-order valence-corrected chi connectivity index (χ0v) is 10.9. The van der Waals surface area contributed by atoms with Gasteiger partial charge in [-0.1, -0.05) is 28.1 Å². The van der Waals surface area contributed by atoms with Gasteiger partial charge in [0.2, 0.25) is 0 Å². The summed E-state index contributed by atoms with van der Waals surface area (Å²) in [4.78, 5) is 2.64. The van der Waals surface area contributed by atoms with Crippen molar-refractivity contribution < 1.29 is 0 Å². The summed E-state index contributed by atoms with van der Waals surface area (Å²) in [5.74, 6) is 1.35. The van der Waals surface area contributed by atoms with Crippen LogP contribution >= 0.6 is 27.7 Å². The predicted molar refractivity (Wildman–Crippen MR) is 69.2 cm³/mol. The molecule has 0 spiro atoms. The Morgan fingerprint density at radius 1 is 1.33 bits per heavy atom. The minimum atomic E-state index is 0.851. The van der Waals surface area contributed by atoms with Crippen LogP contribution in [-0.2, 0) is 6.54 Å². The van der Waals surface area contributed by atoms with E-state index in [-0.39, 0.29) is 0 Å². The zero-order chi connectivity index (χ0) is 10.3. The maximum absolute atomic E-state index is 3.47. The number of hydrogen-bond donors (Lipinski definition) is 0. The van der Waals surface area contributed by atoms with Gasteiger partial charge in [-0.25, -0.2) is 0 Å². The third kappa shape index (κ3) is 2.10. The first kappa shape index (κ1) is 10.2. The topological polar surface area (TPSA) is 3.24 Å². The van der Waals surface area contributed by atoms with Crippen LogP contribution in [0.4, 0.5) is 0 Å². The zero-order valence-electron chi connectivity index (χ0n) is 8.53. The first-order valence-electron chi connectivity index (χ1n) is 5.41. The molecule has 0 N–H and O–H groups in total. The summed E-state index contributed by atoms with van der Waals surface area (Å²) in [5.41, 5.74) is 1.44. The van der Waals surface area contributed by atoms with Gasteiger partial charge >= 0.3 is 0 Å². The first-order valence-corrected chi connectivity index (χ1v) is 7.25. The Morgan fingerprint density at radius 2 is 2.13 bits per heavy atom. The normalized spacial score (nSPS) is 29.9. The van der Waals surface area contributed by atoms with Crippen molar-refractivity contribution in [1.29, 1.82) is 0 Å². The molecular formula is C12H14BrNS. The van der Waals surface area contributed by atoms with Crippen LogP contribution in [0.15, 0.2) is 28.7 Å². The van der Waals surface area contributed by atoms with E-state index in [9.17, 15) is 0 Å². The highest BCUT2D eigenvalue weighted by Gasteiger charge is 2.37. The van der Waals surface area contributed by atoms with Crippen LogP contribution in [0.25, 0.3) is 0 Å². The van der Waals surface area contributed by atoms with Crippen molar-refractivity contribution in [3.63, 3.8) is 0 Å². The largest absolute Gasteiger partial charge is 0.294 e. The van der Waals surface area contributed by atoms with Gasteiger partial charge in [-0.05, 0) is 24.1 Å². The Kier molecular flexibility index (Phi) is 2.79. The molecule has 2 aliphatic rings. The molecular weight excluding hydrogens is 270 g/mol. The molecule has 80 valence electrons. The van der Waals surface area contributed by atoms with Gasteiger partial charge in [-0.2, -0.15) is 11.8 Å². The van der Waals surface area contributed by atoms with Crippen LogP contribution < -0.4 is 0 Å². The third-order valence-electron chi connectivity index (χ3n) is 3.31. The highest BCUT2D eigenvalue weighted by atomic mass is 79.9. The number of rotatable bonds is 2. The number of benzene rings is 1. The lowest BCUT2D eigenvalue weighted by Crippen LogP contribution is -2.33. The van der Waals surface area contributed by atoms with Crippen molar-refractivity contribution in [2.24, 2.45) is 0 Å². The summed E-state index contributed by atoms with van der Waals surface area (Å²) in [6, 6.07) is 9.58. The van der Waals surface area contributed by atoms with E-state index < -0.39 is 0 Å². The van der Waals surface area contributed by atoms with Gasteiger partial charge in [-0.15, -0.1) is 0 Å². The molecule has 2 fully saturated rings. The monoisotopic (exact) mass is 283 g/mol. The molecule has 0 amide bonds. The van der Waals surface area contributed by atoms with Crippen molar-refractivity contribution >= 4 is 27.7 Å². The van der Waals surface area contributed by atoms with Crippen LogP contribution in [0.2, 0.25) is 0 Å². The second-order valence-electron chi connectivity index (χ2n) is 4.40. The maximum atomic E-state index is 3.47. The number of halogens is 1. The minimum Gasteiger partial charge on any atom is -0.294 e. The fourth-order valence-corrected chi connectivity index (χ4v) is 4.26. The molecule has 0 aliphatic carbocycles. The second kappa shape index (κ2) is 4.11. The molecule has 1 aromatic rings.